The van der Waals surface area contributed by atoms with E-state index in [1.54, 1.807) is 24.5 Å². The first-order valence-electron chi connectivity index (χ1n) is 8.34. The molecular weight excluding hydrogens is 349 g/mol. The maximum absolute atomic E-state index is 14.3. The molecule has 0 aliphatic heterocycles. The zero-order valence-corrected chi connectivity index (χ0v) is 14.6. The van der Waals surface area contributed by atoms with Gasteiger partial charge in [0.2, 0.25) is 0 Å². The van der Waals surface area contributed by atoms with E-state index in [4.69, 9.17) is 0 Å². The Balaban J connectivity index is 1.63. The molecule has 0 aliphatic rings. The van der Waals surface area contributed by atoms with E-state index < -0.39 is 11.7 Å². The number of halogens is 1. The molecule has 0 fully saturated rings. The highest BCUT2D eigenvalue weighted by Gasteiger charge is 2.16. The summed E-state index contributed by atoms with van der Waals surface area (Å²) >= 11 is 0. The maximum Gasteiger partial charge on any atom is 0.259 e. The van der Waals surface area contributed by atoms with Crippen LogP contribution >= 0.6 is 0 Å². The Kier molecular flexibility index (Phi) is 4.11. The Labute approximate surface area is 153 Å². The van der Waals surface area contributed by atoms with Crippen molar-refractivity contribution in [2.75, 3.05) is 5.32 Å². The Morgan fingerprint density at radius 3 is 2.96 bits per heavy atom. The molecule has 0 bridgehead atoms. The van der Waals surface area contributed by atoms with Crippen molar-refractivity contribution in [3.63, 3.8) is 0 Å². The maximum atomic E-state index is 14.3. The first kappa shape index (κ1) is 16.8. The van der Waals surface area contributed by atoms with Crippen molar-refractivity contribution in [1.29, 1.82) is 0 Å². The van der Waals surface area contributed by atoms with Crippen LogP contribution in [0.4, 0.5) is 10.2 Å². The van der Waals surface area contributed by atoms with Crippen molar-refractivity contribution in [3.05, 3.63) is 54.2 Å². The Hall–Kier alpha value is -3.62. The number of rotatable bonds is 4. The number of hydrogen-bond donors (Lipinski definition) is 2. The number of aromatic amines is 1. The van der Waals surface area contributed by atoms with Crippen LogP contribution in [0.15, 0.2) is 42.9 Å². The minimum Gasteiger partial charge on any atom is -0.310 e. The Morgan fingerprint density at radius 2 is 2.15 bits per heavy atom. The number of pyridine rings is 1. The van der Waals surface area contributed by atoms with Gasteiger partial charge in [-0.3, -0.25) is 9.89 Å². The minimum atomic E-state index is -0.628. The van der Waals surface area contributed by atoms with Crippen molar-refractivity contribution in [3.8, 4) is 11.5 Å². The average molecular weight is 365 g/mol. The molecule has 3 aromatic heterocycles. The molecule has 0 atom stereocenters. The molecule has 1 aromatic carbocycles. The number of carbonyl (C=O) groups is 1. The molecule has 0 saturated heterocycles. The SMILES string of the molecule is CC(C)n1cnnc1-c1cccc(NC(=O)c2cc3[nH]ncc3cc2F)n1. The van der Waals surface area contributed by atoms with E-state index in [1.165, 1.54) is 18.3 Å². The molecule has 0 aliphatic carbocycles. The number of hydrogen-bond acceptors (Lipinski definition) is 5. The van der Waals surface area contributed by atoms with Crippen molar-refractivity contribution < 1.29 is 9.18 Å². The number of aromatic nitrogens is 6. The lowest BCUT2D eigenvalue weighted by Gasteiger charge is -2.11. The molecule has 0 spiro atoms. The summed E-state index contributed by atoms with van der Waals surface area (Å²) in [7, 11) is 0. The standard InChI is InChI=1S/C18H16FN7O/c1-10(2)26-9-21-25-17(26)14-4-3-5-16(22-14)23-18(27)12-7-15-11(6-13(12)19)8-20-24-15/h3-10H,1-2H3,(H,20,24)(H,22,23,27). The van der Waals surface area contributed by atoms with Crippen LogP contribution in [0.2, 0.25) is 0 Å². The summed E-state index contributed by atoms with van der Waals surface area (Å²) in [5.41, 5.74) is 1.04. The van der Waals surface area contributed by atoms with E-state index in [9.17, 15) is 9.18 Å². The van der Waals surface area contributed by atoms with E-state index in [2.05, 4.69) is 30.7 Å². The molecule has 0 radical (unpaired) electrons. The lowest BCUT2D eigenvalue weighted by Crippen LogP contribution is -2.15. The van der Waals surface area contributed by atoms with Gasteiger partial charge in [0.05, 0.1) is 17.3 Å². The molecule has 3 heterocycles. The van der Waals surface area contributed by atoms with Crippen molar-refractivity contribution in [2.24, 2.45) is 0 Å². The normalized spacial score (nSPS) is 11.3. The van der Waals surface area contributed by atoms with E-state index in [0.29, 0.717) is 28.2 Å². The van der Waals surface area contributed by atoms with Gasteiger partial charge >= 0.3 is 0 Å². The number of amides is 1. The first-order valence-corrected chi connectivity index (χ1v) is 8.34. The predicted molar refractivity (Wildman–Crippen MR) is 97.6 cm³/mol. The molecule has 136 valence electrons. The summed E-state index contributed by atoms with van der Waals surface area (Å²) in [5, 5.41) is 17.8. The highest BCUT2D eigenvalue weighted by molar-refractivity contribution is 6.06. The number of carbonyl (C=O) groups excluding carboxylic acids is 1. The summed E-state index contributed by atoms with van der Waals surface area (Å²) in [6, 6.07) is 7.99. The fraction of sp³-hybridized carbons (Fsp3) is 0.167. The number of benzene rings is 1. The highest BCUT2D eigenvalue weighted by Crippen LogP contribution is 2.21. The number of fused-ring (bicyclic) bond motifs is 1. The molecule has 27 heavy (non-hydrogen) atoms. The summed E-state index contributed by atoms with van der Waals surface area (Å²) in [4.78, 5) is 16.9. The van der Waals surface area contributed by atoms with Crippen LogP contribution in [0.25, 0.3) is 22.4 Å². The van der Waals surface area contributed by atoms with E-state index >= 15 is 0 Å². The highest BCUT2D eigenvalue weighted by atomic mass is 19.1. The van der Waals surface area contributed by atoms with Crippen LogP contribution in [-0.4, -0.2) is 35.9 Å². The topological polar surface area (TPSA) is 101 Å². The summed E-state index contributed by atoms with van der Waals surface area (Å²) in [6.07, 6.45) is 3.12. The van der Waals surface area contributed by atoms with Gasteiger partial charge in [-0.05, 0) is 38.1 Å². The molecular formula is C18H16FN7O. The van der Waals surface area contributed by atoms with Crippen LogP contribution in [0.3, 0.4) is 0 Å². The van der Waals surface area contributed by atoms with Crippen LogP contribution in [-0.2, 0) is 0 Å². The summed E-state index contributed by atoms with van der Waals surface area (Å²) < 4.78 is 16.1. The van der Waals surface area contributed by atoms with Gasteiger partial charge in [-0.25, -0.2) is 9.37 Å². The van der Waals surface area contributed by atoms with Crippen molar-refractivity contribution in [1.82, 2.24) is 29.9 Å². The second kappa shape index (κ2) is 6.60. The molecule has 4 rings (SSSR count). The zero-order valence-electron chi connectivity index (χ0n) is 14.6. The van der Waals surface area contributed by atoms with E-state index in [-0.39, 0.29) is 11.6 Å². The molecule has 0 saturated carbocycles. The van der Waals surface area contributed by atoms with Crippen LogP contribution in [0.5, 0.6) is 0 Å². The third-order valence-corrected chi connectivity index (χ3v) is 4.12. The molecule has 8 nitrogen and oxygen atoms in total. The Morgan fingerprint density at radius 1 is 1.30 bits per heavy atom. The smallest absolute Gasteiger partial charge is 0.259 e. The Bertz CT molecular complexity index is 1130. The third-order valence-electron chi connectivity index (χ3n) is 4.12. The lowest BCUT2D eigenvalue weighted by molar-refractivity contribution is 0.102. The monoisotopic (exact) mass is 365 g/mol. The van der Waals surface area contributed by atoms with Gasteiger partial charge in [0, 0.05) is 11.4 Å². The van der Waals surface area contributed by atoms with Gasteiger partial charge < -0.3 is 9.88 Å². The van der Waals surface area contributed by atoms with E-state index in [1.807, 2.05) is 18.4 Å². The fourth-order valence-electron chi connectivity index (χ4n) is 2.75. The largest absolute Gasteiger partial charge is 0.310 e. The molecule has 0 unspecified atom stereocenters. The summed E-state index contributed by atoms with van der Waals surface area (Å²) in [5.74, 6) is -0.345. The van der Waals surface area contributed by atoms with Gasteiger partial charge in [0.15, 0.2) is 5.82 Å². The number of nitrogens with one attached hydrogen (secondary N) is 2. The fourth-order valence-corrected chi connectivity index (χ4v) is 2.75. The minimum absolute atomic E-state index is 0.0932. The van der Waals surface area contributed by atoms with Crippen LogP contribution in [0, 0.1) is 5.82 Å². The number of H-pyrrole nitrogens is 1. The quantitative estimate of drug-likeness (QED) is 0.578. The van der Waals surface area contributed by atoms with Gasteiger partial charge in [0.25, 0.3) is 5.91 Å². The second-order valence-corrected chi connectivity index (χ2v) is 6.31. The average Bonchev–Trinajstić information content (AvgIpc) is 3.30. The van der Waals surface area contributed by atoms with Gasteiger partial charge in [-0.2, -0.15) is 5.10 Å². The molecule has 2 N–H and O–H groups in total. The van der Waals surface area contributed by atoms with Crippen LogP contribution < -0.4 is 5.32 Å². The lowest BCUT2D eigenvalue weighted by atomic mass is 10.1. The number of nitrogens with zero attached hydrogens (tertiary/aromatic N) is 5. The second-order valence-electron chi connectivity index (χ2n) is 6.31. The predicted octanol–water partition coefficient (Wildman–Crippen LogP) is 3.19. The summed E-state index contributed by atoms with van der Waals surface area (Å²) in [6.45, 7) is 4.01. The molecule has 9 heteroatoms. The van der Waals surface area contributed by atoms with Crippen molar-refractivity contribution in [2.45, 2.75) is 19.9 Å². The molecule has 4 aromatic rings. The zero-order chi connectivity index (χ0) is 19.0. The number of anilines is 1. The van der Waals surface area contributed by atoms with Gasteiger partial charge in [-0.15, -0.1) is 10.2 Å². The molecule has 1 amide bonds. The van der Waals surface area contributed by atoms with Gasteiger partial charge in [0.1, 0.15) is 23.7 Å². The third kappa shape index (κ3) is 3.14. The van der Waals surface area contributed by atoms with E-state index in [0.717, 1.165) is 0 Å². The van der Waals surface area contributed by atoms with Crippen molar-refractivity contribution >= 4 is 22.6 Å². The van der Waals surface area contributed by atoms with Crippen LogP contribution in [0.1, 0.15) is 30.2 Å². The van der Waals surface area contributed by atoms with Gasteiger partial charge in [-0.1, -0.05) is 6.07 Å². The first-order chi connectivity index (χ1) is 13.0.